The van der Waals surface area contributed by atoms with E-state index in [2.05, 4.69) is 5.32 Å². The summed E-state index contributed by atoms with van der Waals surface area (Å²) in [6.07, 6.45) is 0.872. The zero-order valence-electron chi connectivity index (χ0n) is 20.6. The smallest absolute Gasteiger partial charge is 0.271 e. The van der Waals surface area contributed by atoms with Gasteiger partial charge in [-0.1, -0.05) is 23.7 Å². The Morgan fingerprint density at radius 1 is 1.14 bits per heavy atom. The van der Waals surface area contributed by atoms with Crippen molar-refractivity contribution < 1.29 is 27.7 Å². The summed E-state index contributed by atoms with van der Waals surface area (Å²) < 4.78 is 31.4. The van der Waals surface area contributed by atoms with E-state index < -0.39 is 39.3 Å². The van der Waals surface area contributed by atoms with Gasteiger partial charge in [0.25, 0.3) is 5.69 Å². The SMILES string of the molecule is COc1ccc([N+](=O)[O-])cc1N(CC(=O)N(Cc1ccc(Cl)cc1)[C@H](C)C(=O)NC(C)C)S(C)(=O)=O. The van der Waals surface area contributed by atoms with Crippen LogP contribution in [0.4, 0.5) is 11.4 Å². The molecule has 196 valence electrons. The number of halogens is 1. The number of carbonyl (C=O) groups excluding carboxylic acids is 2. The third-order valence-electron chi connectivity index (χ3n) is 5.19. The number of methoxy groups -OCH3 is 1. The maximum Gasteiger partial charge on any atom is 0.271 e. The summed E-state index contributed by atoms with van der Waals surface area (Å²) >= 11 is 5.95. The van der Waals surface area contributed by atoms with Crippen molar-refractivity contribution in [1.29, 1.82) is 0 Å². The molecule has 2 aromatic carbocycles. The summed E-state index contributed by atoms with van der Waals surface area (Å²) in [6, 6.07) is 8.94. The minimum atomic E-state index is -4.10. The maximum absolute atomic E-state index is 13.5. The molecule has 2 aromatic rings. The summed E-state index contributed by atoms with van der Waals surface area (Å²) in [5.41, 5.74) is 0.110. The summed E-state index contributed by atoms with van der Waals surface area (Å²) in [5.74, 6) is -1.10. The molecule has 36 heavy (non-hydrogen) atoms. The van der Waals surface area contributed by atoms with Crippen molar-refractivity contribution in [2.75, 3.05) is 24.2 Å². The van der Waals surface area contributed by atoms with Crippen molar-refractivity contribution in [2.24, 2.45) is 0 Å². The first-order valence-electron chi connectivity index (χ1n) is 10.9. The van der Waals surface area contributed by atoms with E-state index in [9.17, 15) is 28.1 Å². The number of nitro groups is 1. The van der Waals surface area contributed by atoms with E-state index in [0.29, 0.717) is 10.6 Å². The minimum Gasteiger partial charge on any atom is -0.495 e. The van der Waals surface area contributed by atoms with Crippen LogP contribution in [0, 0.1) is 10.1 Å². The molecule has 13 heteroatoms. The van der Waals surface area contributed by atoms with Crippen LogP contribution in [0.1, 0.15) is 26.3 Å². The molecule has 0 fully saturated rings. The van der Waals surface area contributed by atoms with E-state index in [1.54, 1.807) is 38.1 Å². The summed E-state index contributed by atoms with van der Waals surface area (Å²) in [5, 5.41) is 14.5. The highest BCUT2D eigenvalue weighted by atomic mass is 35.5. The van der Waals surface area contributed by atoms with E-state index in [4.69, 9.17) is 16.3 Å². The highest BCUT2D eigenvalue weighted by Crippen LogP contribution is 2.33. The van der Waals surface area contributed by atoms with Gasteiger partial charge in [-0.15, -0.1) is 0 Å². The van der Waals surface area contributed by atoms with Gasteiger partial charge in [0, 0.05) is 29.7 Å². The minimum absolute atomic E-state index is 0.00758. The first kappa shape index (κ1) is 28.9. The first-order chi connectivity index (χ1) is 16.7. The monoisotopic (exact) mass is 540 g/mol. The second-order valence-electron chi connectivity index (χ2n) is 8.37. The van der Waals surface area contributed by atoms with Crippen LogP contribution in [0.3, 0.4) is 0 Å². The Bertz CT molecular complexity index is 1220. The third kappa shape index (κ3) is 7.56. The Kier molecular flexibility index (Phi) is 9.65. The van der Waals surface area contributed by atoms with E-state index in [1.807, 2.05) is 0 Å². The number of nitrogens with one attached hydrogen (secondary N) is 1. The van der Waals surface area contributed by atoms with Gasteiger partial charge in [0.15, 0.2) is 0 Å². The van der Waals surface area contributed by atoms with Crippen molar-refractivity contribution >= 4 is 44.8 Å². The van der Waals surface area contributed by atoms with Crippen LogP contribution in [0.5, 0.6) is 5.75 Å². The Labute approximate surface area is 215 Å². The standard InChI is InChI=1S/C23H29ClN4O7S/c1-15(2)25-23(30)16(3)26(13-17-6-8-18(24)9-7-17)22(29)14-27(36(5,33)34)20-12-19(28(31)32)10-11-21(20)35-4/h6-12,15-16H,13-14H2,1-5H3,(H,25,30)/t16-/m1/s1. The zero-order valence-corrected chi connectivity index (χ0v) is 22.2. The van der Waals surface area contributed by atoms with Crippen LogP contribution in [-0.4, -0.2) is 62.0 Å². The number of hydrogen-bond donors (Lipinski definition) is 1. The molecule has 0 heterocycles. The predicted molar refractivity (Wildman–Crippen MR) is 137 cm³/mol. The Morgan fingerprint density at radius 3 is 2.25 bits per heavy atom. The van der Waals surface area contributed by atoms with Gasteiger partial charge < -0.3 is 15.0 Å². The van der Waals surface area contributed by atoms with Crippen LogP contribution >= 0.6 is 11.6 Å². The highest BCUT2D eigenvalue weighted by Gasteiger charge is 2.32. The fourth-order valence-corrected chi connectivity index (χ4v) is 4.33. The maximum atomic E-state index is 13.5. The molecule has 11 nitrogen and oxygen atoms in total. The van der Waals surface area contributed by atoms with Gasteiger partial charge >= 0.3 is 0 Å². The summed E-state index contributed by atoms with van der Waals surface area (Å²) in [7, 11) is -2.82. The van der Waals surface area contributed by atoms with Crippen LogP contribution in [0.25, 0.3) is 0 Å². The number of hydrogen-bond acceptors (Lipinski definition) is 7. The van der Waals surface area contributed by atoms with Gasteiger partial charge in [0.05, 0.1) is 18.3 Å². The number of nitrogens with zero attached hydrogens (tertiary/aromatic N) is 3. The van der Waals surface area contributed by atoms with E-state index in [0.717, 1.165) is 22.7 Å². The van der Waals surface area contributed by atoms with Crippen LogP contribution < -0.4 is 14.4 Å². The molecule has 0 aromatic heterocycles. The summed E-state index contributed by atoms with van der Waals surface area (Å²) in [4.78, 5) is 38.2. The molecular formula is C23H29ClN4O7S. The Balaban J connectivity index is 2.51. The van der Waals surface area contributed by atoms with Gasteiger partial charge in [-0.2, -0.15) is 0 Å². The average Bonchev–Trinajstić information content (AvgIpc) is 2.79. The molecule has 0 saturated carbocycles. The van der Waals surface area contributed by atoms with Crippen molar-refractivity contribution in [3.63, 3.8) is 0 Å². The number of anilines is 1. The lowest BCUT2D eigenvalue weighted by atomic mass is 10.1. The fourth-order valence-electron chi connectivity index (χ4n) is 3.36. The van der Waals surface area contributed by atoms with E-state index in [-0.39, 0.29) is 29.7 Å². The number of non-ortho nitro benzene ring substituents is 1. The van der Waals surface area contributed by atoms with E-state index in [1.165, 1.54) is 25.0 Å². The molecule has 0 spiro atoms. The molecular weight excluding hydrogens is 512 g/mol. The average molecular weight is 541 g/mol. The lowest BCUT2D eigenvalue weighted by Crippen LogP contribution is -2.52. The topological polar surface area (TPSA) is 139 Å². The summed E-state index contributed by atoms with van der Waals surface area (Å²) in [6.45, 7) is 4.35. The number of benzene rings is 2. The molecule has 1 atom stereocenters. The van der Waals surface area contributed by atoms with Crippen molar-refractivity contribution in [1.82, 2.24) is 10.2 Å². The first-order valence-corrected chi connectivity index (χ1v) is 13.1. The molecule has 0 aliphatic rings. The number of carbonyl (C=O) groups is 2. The van der Waals surface area contributed by atoms with Gasteiger partial charge in [-0.3, -0.25) is 24.0 Å². The largest absolute Gasteiger partial charge is 0.495 e. The van der Waals surface area contributed by atoms with E-state index >= 15 is 0 Å². The molecule has 2 amide bonds. The number of ether oxygens (including phenoxy) is 1. The molecule has 0 saturated heterocycles. The lowest BCUT2D eigenvalue weighted by Gasteiger charge is -2.32. The molecule has 0 unspecified atom stereocenters. The fraction of sp³-hybridized carbons (Fsp3) is 0.391. The second kappa shape index (κ2) is 12.0. The van der Waals surface area contributed by atoms with Gasteiger partial charge in [-0.05, 0) is 44.5 Å². The van der Waals surface area contributed by atoms with Crippen LogP contribution in [-0.2, 0) is 26.2 Å². The third-order valence-corrected chi connectivity index (χ3v) is 6.56. The van der Waals surface area contributed by atoms with Crippen LogP contribution in [0.2, 0.25) is 5.02 Å². The molecule has 1 N–H and O–H groups in total. The Morgan fingerprint density at radius 2 is 1.75 bits per heavy atom. The molecule has 0 aliphatic heterocycles. The van der Waals surface area contributed by atoms with Crippen molar-refractivity contribution in [3.8, 4) is 5.75 Å². The number of rotatable bonds is 11. The predicted octanol–water partition coefficient (Wildman–Crippen LogP) is 2.96. The van der Waals surface area contributed by atoms with Crippen molar-refractivity contribution in [2.45, 2.75) is 39.4 Å². The number of amides is 2. The highest BCUT2D eigenvalue weighted by molar-refractivity contribution is 7.92. The molecule has 0 bridgehead atoms. The van der Waals surface area contributed by atoms with Crippen LogP contribution in [0.15, 0.2) is 42.5 Å². The number of nitro benzene ring substituents is 1. The zero-order chi connectivity index (χ0) is 27.2. The Hall–Kier alpha value is -3.38. The molecule has 2 rings (SSSR count). The van der Waals surface area contributed by atoms with Gasteiger partial charge in [0.2, 0.25) is 21.8 Å². The van der Waals surface area contributed by atoms with Gasteiger partial charge in [0.1, 0.15) is 24.0 Å². The molecule has 0 aliphatic carbocycles. The van der Waals surface area contributed by atoms with Gasteiger partial charge in [-0.25, -0.2) is 8.42 Å². The van der Waals surface area contributed by atoms with Crippen molar-refractivity contribution in [3.05, 3.63) is 63.2 Å². The quantitative estimate of drug-likeness (QED) is 0.341. The normalized spacial score (nSPS) is 12.1. The lowest BCUT2D eigenvalue weighted by molar-refractivity contribution is -0.384. The molecule has 0 radical (unpaired) electrons. The number of sulfonamides is 1. The second-order valence-corrected chi connectivity index (χ2v) is 10.7.